The van der Waals surface area contributed by atoms with E-state index in [1.54, 1.807) is 17.0 Å². The molecule has 0 radical (unpaired) electrons. The van der Waals surface area contributed by atoms with Gasteiger partial charge in [0, 0.05) is 42.2 Å². The van der Waals surface area contributed by atoms with Crippen molar-refractivity contribution in [3.63, 3.8) is 0 Å². The molecule has 1 saturated heterocycles. The number of amides is 2. The van der Waals surface area contributed by atoms with Crippen molar-refractivity contribution in [1.82, 2.24) is 20.2 Å². The number of sulfonamides is 1. The molecule has 4 N–H and O–H groups in total. The van der Waals surface area contributed by atoms with Crippen LogP contribution in [0.1, 0.15) is 54.6 Å². The largest absolute Gasteiger partial charge is 0.477 e. The zero-order chi connectivity index (χ0) is 31.6. The molecular formula is C32H40N6O5S. The number of likely N-dealkylation sites (tertiary alicyclic amines) is 1. The molecule has 4 bridgehead atoms. The first-order valence-corrected chi connectivity index (χ1v) is 16.4. The van der Waals surface area contributed by atoms with Gasteiger partial charge >= 0.3 is 0 Å². The van der Waals surface area contributed by atoms with Crippen molar-refractivity contribution in [3.8, 4) is 17.1 Å². The molecule has 2 aliphatic rings. The summed E-state index contributed by atoms with van der Waals surface area (Å²) >= 11 is 0. The number of anilines is 1. The molecular weight excluding hydrogens is 580 g/mol. The van der Waals surface area contributed by atoms with E-state index in [2.05, 4.69) is 20.0 Å². The van der Waals surface area contributed by atoms with Gasteiger partial charge in [-0.05, 0) is 68.4 Å². The van der Waals surface area contributed by atoms with Gasteiger partial charge in [0.05, 0.1) is 23.2 Å². The van der Waals surface area contributed by atoms with E-state index in [4.69, 9.17) is 10.5 Å². The minimum absolute atomic E-state index is 0.0674. The van der Waals surface area contributed by atoms with Gasteiger partial charge in [-0.15, -0.1) is 0 Å². The highest BCUT2D eigenvalue weighted by atomic mass is 32.2. The quantitative estimate of drug-likeness (QED) is 0.399. The van der Waals surface area contributed by atoms with Gasteiger partial charge in [-0.2, -0.15) is 4.98 Å². The van der Waals surface area contributed by atoms with Crippen molar-refractivity contribution < 1.29 is 22.7 Å². The van der Waals surface area contributed by atoms with Crippen LogP contribution in [0, 0.1) is 25.2 Å². The van der Waals surface area contributed by atoms with Gasteiger partial charge < -0.3 is 20.7 Å². The summed E-state index contributed by atoms with van der Waals surface area (Å²) < 4.78 is 35.5. The summed E-state index contributed by atoms with van der Waals surface area (Å²) in [7, 11) is -4.12. The molecule has 11 nitrogen and oxygen atoms in total. The van der Waals surface area contributed by atoms with Crippen molar-refractivity contribution in [1.29, 1.82) is 0 Å². The van der Waals surface area contributed by atoms with E-state index >= 15 is 0 Å². The Morgan fingerprint density at radius 2 is 1.75 bits per heavy atom. The zero-order valence-corrected chi connectivity index (χ0v) is 26.4. The number of carbonyl (C=O) groups is 2. The van der Waals surface area contributed by atoms with Crippen LogP contribution in [0.5, 0.6) is 5.88 Å². The zero-order valence-electron chi connectivity index (χ0n) is 25.6. The Bertz CT molecular complexity index is 1650. The van der Waals surface area contributed by atoms with Crippen LogP contribution in [0.15, 0.2) is 53.4 Å². The number of hydrogen-bond acceptors (Lipinski definition) is 8. The van der Waals surface area contributed by atoms with Crippen LogP contribution < -0.4 is 20.5 Å². The fourth-order valence-electron chi connectivity index (χ4n) is 5.89. The number of rotatable bonds is 4. The fraction of sp³-hybridized carbons (Fsp3) is 0.438. The van der Waals surface area contributed by atoms with Gasteiger partial charge in [-0.3, -0.25) is 9.59 Å². The Hall–Kier alpha value is -4.03. The third-order valence-electron chi connectivity index (χ3n) is 8.40. The van der Waals surface area contributed by atoms with Crippen LogP contribution in [-0.4, -0.2) is 67.4 Å². The monoisotopic (exact) mass is 620 g/mol. The molecule has 0 aliphatic carbocycles. The molecule has 234 valence electrons. The number of piperidine rings is 1. The fourth-order valence-corrected chi connectivity index (χ4v) is 6.88. The lowest BCUT2D eigenvalue weighted by molar-refractivity contribution is -0.135. The second-order valence-corrected chi connectivity index (χ2v) is 14.0. The topological polar surface area (TPSA) is 157 Å². The first-order chi connectivity index (χ1) is 20.9. The van der Waals surface area contributed by atoms with Gasteiger partial charge in [0.2, 0.25) is 17.7 Å². The molecule has 2 amide bonds. The number of hydrogen-bond donors (Lipinski definition) is 3. The predicted molar refractivity (Wildman–Crippen MR) is 168 cm³/mol. The highest BCUT2D eigenvalue weighted by Crippen LogP contribution is 2.34. The minimum Gasteiger partial charge on any atom is -0.477 e. The minimum atomic E-state index is -4.12. The first kappa shape index (κ1) is 31.4. The number of ether oxygens (including phenoxy) is 1. The molecule has 1 unspecified atom stereocenters. The standard InChI is InChI=1S/C32H40N6O5S/c1-20(2)15-25(33)30(40)38-13-11-32(12-14-38)18-34-29(39)23-9-6-10-24(16-23)44(41,42)37-31-35-26(17-27(36-31)43-19-32)28-21(3)7-5-8-22(28)4/h5-10,16-17,20,25H,11-15,18-19,33H2,1-4H3,(H,34,39)(H,35,36,37). The second kappa shape index (κ2) is 12.5. The van der Waals surface area contributed by atoms with Crippen LogP contribution >= 0.6 is 0 Å². The van der Waals surface area contributed by atoms with Crippen molar-refractivity contribution in [2.75, 3.05) is 31.0 Å². The van der Waals surface area contributed by atoms with E-state index in [-0.39, 0.29) is 41.3 Å². The SMILES string of the molecule is Cc1cccc(C)c1-c1cc2nc(n1)NS(=O)(=O)c1cccc(c1)C(=O)NCC1(CCN(C(=O)C(N)CC(C)C)CC1)CO2. The number of nitrogens with zero attached hydrogens (tertiary/aromatic N) is 3. The average molecular weight is 621 g/mol. The maximum atomic E-state index is 13.4. The van der Waals surface area contributed by atoms with Crippen LogP contribution in [0.25, 0.3) is 11.3 Å². The number of aryl methyl sites for hydroxylation is 2. The number of carbonyl (C=O) groups excluding carboxylic acids is 2. The van der Waals surface area contributed by atoms with Crippen molar-refractivity contribution >= 4 is 27.8 Å². The lowest BCUT2D eigenvalue weighted by atomic mass is 9.78. The summed E-state index contributed by atoms with van der Waals surface area (Å²) in [6.07, 6.45) is 1.75. The molecule has 0 saturated carbocycles. The Balaban J connectivity index is 1.51. The Morgan fingerprint density at radius 3 is 2.43 bits per heavy atom. The molecule has 3 heterocycles. The molecule has 5 rings (SSSR count). The van der Waals surface area contributed by atoms with Crippen molar-refractivity contribution in [2.24, 2.45) is 17.1 Å². The molecule has 1 aromatic heterocycles. The highest BCUT2D eigenvalue weighted by molar-refractivity contribution is 7.92. The van der Waals surface area contributed by atoms with Gasteiger partial charge in [0.25, 0.3) is 15.9 Å². The third-order valence-corrected chi connectivity index (χ3v) is 9.73. The summed E-state index contributed by atoms with van der Waals surface area (Å²) in [5, 5.41) is 2.99. The predicted octanol–water partition coefficient (Wildman–Crippen LogP) is 3.67. The van der Waals surface area contributed by atoms with Crippen LogP contribution in [0.3, 0.4) is 0 Å². The van der Waals surface area contributed by atoms with E-state index in [9.17, 15) is 18.0 Å². The van der Waals surface area contributed by atoms with Crippen LogP contribution in [-0.2, 0) is 14.8 Å². The number of benzene rings is 2. The number of fused-ring (bicyclic) bond motifs is 4. The van der Waals surface area contributed by atoms with E-state index in [1.807, 2.05) is 45.9 Å². The second-order valence-electron chi connectivity index (χ2n) is 12.3. The van der Waals surface area contributed by atoms with Crippen molar-refractivity contribution in [2.45, 2.75) is 57.9 Å². The van der Waals surface area contributed by atoms with Gasteiger partial charge in [0.15, 0.2) is 0 Å². The summed E-state index contributed by atoms with van der Waals surface area (Å²) in [4.78, 5) is 37.0. The summed E-state index contributed by atoms with van der Waals surface area (Å²) in [5.41, 5.74) is 9.22. The normalized spacial score (nSPS) is 18.5. The van der Waals surface area contributed by atoms with E-state index in [0.29, 0.717) is 44.0 Å². The van der Waals surface area contributed by atoms with Crippen LogP contribution in [0.4, 0.5) is 5.95 Å². The maximum absolute atomic E-state index is 13.4. The Kier molecular flexibility index (Phi) is 8.94. The molecule has 2 aliphatic heterocycles. The summed E-state index contributed by atoms with van der Waals surface area (Å²) in [6, 6.07) is 12.9. The Morgan fingerprint density at radius 1 is 1.07 bits per heavy atom. The third kappa shape index (κ3) is 6.86. The average Bonchev–Trinajstić information content (AvgIpc) is 2.98. The maximum Gasteiger partial charge on any atom is 0.264 e. The molecule has 2 aromatic carbocycles. The molecule has 3 aromatic rings. The van der Waals surface area contributed by atoms with Gasteiger partial charge in [0.1, 0.15) is 0 Å². The number of nitrogens with one attached hydrogen (secondary N) is 2. The number of nitrogens with two attached hydrogens (primary N) is 1. The summed E-state index contributed by atoms with van der Waals surface area (Å²) in [6.45, 7) is 9.41. The molecule has 12 heteroatoms. The lowest BCUT2D eigenvalue weighted by Crippen LogP contribution is -2.53. The molecule has 1 atom stereocenters. The summed E-state index contributed by atoms with van der Waals surface area (Å²) in [5.74, 6) is -0.0995. The van der Waals surface area contributed by atoms with E-state index < -0.39 is 27.4 Å². The smallest absolute Gasteiger partial charge is 0.264 e. The molecule has 1 fully saturated rings. The molecule has 44 heavy (non-hydrogen) atoms. The molecule has 1 spiro atoms. The van der Waals surface area contributed by atoms with Gasteiger partial charge in [-0.1, -0.05) is 38.1 Å². The highest BCUT2D eigenvalue weighted by Gasteiger charge is 2.38. The number of aromatic nitrogens is 2. The van der Waals surface area contributed by atoms with Crippen LogP contribution in [0.2, 0.25) is 0 Å². The van der Waals surface area contributed by atoms with E-state index in [1.165, 1.54) is 18.2 Å². The first-order valence-electron chi connectivity index (χ1n) is 14.9. The van der Waals surface area contributed by atoms with Gasteiger partial charge in [-0.25, -0.2) is 18.1 Å². The lowest BCUT2D eigenvalue weighted by Gasteiger charge is -2.42. The van der Waals surface area contributed by atoms with E-state index in [0.717, 1.165) is 16.7 Å². The Labute approximate surface area is 258 Å². The van der Waals surface area contributed by atoms with Crippen molar-refractivity contribution in [3.05, 3.63) is 65.2 Å².